The number of aryl methyl sites for hydroxylation is 1. The van der Waals surface area contributed by atoms with Crippen molar-refractivity contribution in [2.75, 3.05) is 30.4 Å². The van der Waals surface area contributed by atoms with E-state index in [1.165, 1.54) is 12.4 Å². The highest BCUT2D eigenvalue weighted by Gasteiger charge is 2.26. The molecule has 1 aliphatic heterocycles. The third-order valence-corrected chi connectivity index (χ3v) is 6.35. The van der Waals surface area contributed by atoms with E-state index < -0.39 is 15.7 Å². The highest BCUT2D eigenvalue weighted by molar-refractivity contribution is 7.90. The summed E-state index contributed by atoms with van der Waals surface area (Å²) >= 11 is 0. The molecule has 0 atom stereocenters. The smallest absolute Gasteiger partial charge is 0.410 e. The van der Waals surface area contributed by atoms with E-state index in [4.69, 9.17) is 9.47 Å². The van der Waals surface area contributed by atoms with Crippen molar-refractivity contribution in [3.05, 3.63) is 41.5 Å². The first kappa shape index (κ1) is 25.7. The molecule has 0 saturated carbocycles. The monoisotopic (exact) mass is 494 g/mol. The molecule has 0 radical (unpaired) electrons. The van der Waals surface area contributed by atoms with Crippen LogP contribution in [0.4, 0.5) is 20.7 Å². The zero-order valence-electron chi connectivity index (χ0n) is 19.9. The summed E-state index contributed by atoms with van der Waals surface area (Å²) in [7, 11) is -3.12. The molecule has 186 valence electrons. The van der Waals surface area contributed by atoms with Gasteiger partial charge in [0, 0.05) is 32.2 Å². The maximum atomic E-state index is 14.6. The maximum Gasteiger partial charge on any atom is 0.410 e. The molecular formula is C23H31FN4O5S. The number of carbonyl (C=O) groups is 1. The molecule has 1 aromatic carbocycles. The Hall–Kier alpha value is -2.95. The normalized spacial score (nSPS) is 14.8. The summed E-state index contributed by atoms with van der Waals surface area (Å²) in [4.78, 5) is 22.1. The summed E-state index contributed by atoms with van der Waals surface area (Å²) in [6.07, 6.45) is 3.43. The number of aromatic nitrogens is 2. The average molecular weight is 495 g/mol. The van der Waals surface area contributed by atoms with Crippen LogP contribution in [-0.2, 0) is 21.0 Å². The minimum Gasteiger partial charge on any atom is -0.474 e. The number of likely N-dealkylation sites (tertiary alicyclic amines) is 1. The summed E-state index contributed by atoms with van der Waals surface area (Å²) in [6, 6.07) is 4.56. The van der Waals surface area contributed by atoms with Crippen LogP contribution >= 0.6 is 0 Å². The number of ether oxygens (including phenoxy) is 2. The predicted octanol–water partition coefficient (Wildman–Crippen LogP) is 3.64. The minimum atomic E-state index is -3.12. The van der Waals surface area contributed by atoms with E-state index in [0.29, 0.717) is 48.8 Å². The lowest BCUT2D eigenvalue weighted by atomic mass is 10.1. The Kier molecular flexibility index (Phi) is 8.29. The second-order valence-corrected chi connectivity index (χ2v) is 11.0. The molecule has 0 unspecified atom stereocenters. The van der Waals surface area contributed by atoms with Crippen molar-refractivity contribution in [1.29, 1.82) is 0 Å². The molecule has 1 fully saturated rings. The van der Waals surface area contributed by atoms with Gasteiger partial charge in [-0.05, 0) is 44.9 Å². The fourth-order valence-electron chi connectivity index (χ4n) is 3.52. The molecule has 1 N–H and O–H groups in total. The van der Waals surface area contributed by atoms with Crippen molar-refractivity contribution in [2.24, 2.45) is 0 Å². The second kappa shape index (κ2) is 11.0. The van der Waals surface area contributed by atoms with Gasteiger partial charge in [-0.15, -0.1) is 0 Å². The Labute approximate surface area is 199 Å². The van der Waals surface area contributed by atoms with Gasteiger partial charge in [0.15, 0.2) is 0 Å². The quantitative estimate of drug-likeness (QED) is 0.592. The predicted molar refractivity (Wildman–Crippen MR) is 127 cm³/mol. The van der Waals surface area contributed by atoms with Crippen molar-refractivity contribution in [3.63, 3.8) is 0 Å². The number of halogens is 1. The Balaban J connectivity index is 1.62. The lowest BCUT2D eigenvalue weighted by Gasteiger charge is -2.32. The second-order valence-electron chi connectivity index (χ2n) is 8.71. The molecule has 0 aliphatic carbocycles. The fraction of sp³-hybridized carbons (Fsp3) is 0.522. The number of rotatable bonds is 8. The zero-order chi connectivity index (χ0) is 24.9. The Morgan fingerprint density at radius 1 is 1.26 bits per heavy atom. The van der Waals surface area contributed by atoms with E-state index in [-0.39, 0.29) is 36.2 Å². The van der Waals surface area contributed by atoms with Gasteiger partial charge in [0.25, 0.3) is 0 Å². The molecule has 9 nitrogen and oxygen atoms in total. The number of anilines is 2. The Morgan fingerprint density at radius 3 is 2.59 bits per heavy atom. The number of benzene rings is 1. The standard InChI is InChI=1S/C23H31FN4O5S/c1-15(2)32-23(29)28-10-7-18(8-11-28)33-22-16(3)21(25-14-26-22)27-20-6-5-17(13-19(20)24)9-12-34(4,30)31/h5-6,13-15,18H,7-12H2,1-4H3,(H,25,26,27). The van der Waals surface area contributed by atoms with Gasteiger partial charge in [0.05, 0.1) is 23.1 Å². The molecule has 0 spiro atoms. The molecule has 1 aromatic heterocycles. The van der Waals surface area contributed by atoms with E-state index in [1.54, 1.807) is 24.0 Å². The van der Waals surface area contributed by atoms with E-state index in [0.717, 1.165) is 6.26 Å². The van der Waals surface area contributed by atoms with E-state index >= 15 is 0 Å². The number of hydrogen-bond acceptors (Lipinski definition) is 8. The van der Waals surface area contributed by atoms with Gasteiger partial charge in [-0.2, -0.15) is 0 Å². The largest absolute Gasteiger partial charge is 0.474 e. The summed E-state index contributed by atoms with van der Waals surface area (Å²) < 4.78 is 48.6. The molecule has 11 heteroatoms. The molecule has 2 heterocycles. The number of piperidine rings is 1. The number of nitrogens with one attached hydrogen (secondary N) is 1. The van der Waals surface area contributed by atoms with Crippen molar-refractivity contribution in [3.8, 4) is 5.88 Å². The first-order valence-electron chi connectivity index (χ1n) is 11.2. The summed E-state index contributed by atoms with van der Waals surface area (Å²) in [5.41, 5.74) is 1.44. The van der Waals surface area contributed by atoms with Crippen LogP contribution in [0.25, 0.3) is 0 Å². The molecular weight excluding hydrogens is 463 g/mol. The number of nitrogens with zero attached hydrogens (tertiary/aromatic N) is 3. The third kappa shape index (κ3) is 7.28. The molecule has 1 saturated heterocycles. The molecule has 3 rings (SSSR count). The molecule has 2 aromatic rings. The lowest BCUT2D eigenvalue weighted by Crippen LogP contribution is -2.42. The van der Waals surface area contributed by atoms with Gasteiger partial charge >= 0.3 is 6.09 Å². The Bertz CT molecular complexity index is 1120. The van der Waals surface area contributed by atoms with Crippen LogP contribution in [0.15, 0.2) is 24.5 Å². The van der Waals surface area contributed by atoms with Gasteiger partial charge in [0.1, 0.15) is 33.9 Å². The van der Waals surface area contributed by atoms with Crippen LogP contribution < -0.4 is 10.1 Å². The Morgan fingerprint density at radius 2 is 1.97 bits per heavy atom. The fourth-order valence-corrected chi connectivity index (χ4v) is 4.12. The molecule has 34 heavy (non-hydrogen) atoms. The van der Waals surface area contributed by atoms with Crippen molar-refractivity contribution in [2.45, 2.75) is 52.2 Å². The summed E-state index contributed by atoms with van der Waals surface area (Å²) in [5.74, 6) is 0.256. The van der Waals surface area contributed by atoms with Crippen LogP contribution in [0.3, 0.4) is 0 Å². The topological polar surface area (TPSA) is 111 Å². The van der Waals surface area contributed by atoms with Crippen molar-refractivity contribution >= 4 is 27.4 Å². The van der Waals surface area contributed by atoms with Crippen molar-refractivity contribution in [1.82, 2.24) is 14.9 Å². The van der Waals surface area contributed by atoms with Crippen LogP contribution in [-0.4, -0.2) is 66.7 Å². The lowest BCUT2D eigenvalue weighted by molar-refractivity contribution is 0.0505. The van der Waals surface area contributed by atoms with Crippen molar-refractivity contribution < 1.29 is 27.1 Å². The SMILES string of the molecule is Cc1c(Nc2ccc(CCS(C)(=O)=O)cc2F)ncnc1OC1CCN(C(=O)OC(C)C)CC1. The summed E-state index contributed by atoms with van der Waals surface area (Å²) in [5, 5.41) is 2.96. The number of carbonyl (C=O) groups excluding carboxylic acids is 1. The summed E-state index contributed by atoms with van der Waals surface area (Å²) in [6.45, 7) is 6.48. The first-order chi connectivity index (χ1) is 16.0. The van der Waals surface area contributed by atoms with Crippen LogP contribution in [0.2, 0.25) is 0 Å². The van der Waals surface area contributed by atoms with E-state index in [1.807, 2.05) is 13.8 Å². The number of sulfone groups is 1. The number of hydrogen-bond donors (Lipinski definition) is 1. The van der Waals surface area contributed by atoms with E-state index in [2.05, 4.69) is 15.3 Å². The molecule has 0 bridgehead atoms. The molecule has 1 aliphatic rings. The van der Waals surface area contributed by atoms with Gasteiger partial charge in [0.2, 0.25) is 5.88 Å². The maximum absolute atomic E-state index is 14.6. The third-order valence-electron chi connectivity index (χ3n) is 5.40. The number of amides is 1. The van der Waals surface area contributed by atoms with Gasteiger partial charge in [-0.3, -0.25) is 0 Å². The van der Waals surface area contributed by atoms with Crippen LogP contribution in [0.5, 0.6) is 5.88 Å². The first-order valence-corrected chi connectivity index (χ1v) is 13.2. The van der Waals surface area contributed by atoms with Gasteiger partial charge in [-0.1, -0.05) is 6.07 Å². The highest BCUT2D eigenvalue weighted by atomic mass is 32.2. The van der Waals surface area contributed by atoms with Crippen LogP contribution in [0.1, 0.15) is 37.8 Å². The van der Waals surface area contributed by atoms with E-state index in [9.17, 15) is 17.6 Å². The van der Waals surface area contributed by atoms with Crippen LogP contribution in [0, 0.1) is 12.7 Å². The zero-order valence-corrected chi connectivity index (χ0v) is 20.7. The molecule has 1 amide bonds. The van der Waals surface area contributed by atoms with Gasteiger partial charge in [-0.25, -0.2) is 27.6 Å². The van der Waals surface area contributed by atoms with Gasteiger partial charge < -0.3 is 19.7 Å². The highest BCUT2D eigenvalue weighted by Crippen LogP contribution is 2.28. The average Bonchev–Trinajstić information content (AvgIpc) is 2.76. The minimum absolute atomic E-state index is 0.0389.